The van der Waals surface area contributed by atoms with Crippen LogP contribution >= 0.6 is 12.2 Å². The van der Waals surface area contributed by atoms with E-state index in [1.807, 2.05) is 19.1 Å². The van der Waals surface area contributed by atoms with Crippen LogP contribution in [0.4, 0.5) is 0 Å². The maximum absolute atomic E-state index is 11.8. The van der Waals surface area contributed by atoms with Crippen molar-refractivity contribution in [2.24, 2.45) is 5.73 Å². The zero-order valence-corrected chi connectivity index (χ0v) is 12.6. The van der Waals surface area contributed by atoms with Crippen LogP contribution in [-0.4, -0.2) is 42.6 Å². The minimum Gasteiger partial charge on any atom is -0.494 e. The lowest BCUT2D eigenvalue weighted by Gasteiger charge is -2.17. The molecule has 6 heteroatoms. The molecule has 110 valence electrons. The number of ether oxygens (including phenoxy) is 2. The van der Waals surface area contributed by atoms with Crippen LogP contribution in [0.1, 0.15) is 13.3 Å². The van der Waals surface area contributed by atoms with Crippen LogP contribution < -0.4 is 15.2 Å². The summed E-state index contributed by atoms with van der Waals surface area (Å²) in [5, 5.41) is 0. The van der Waals surface area contributed by atoms with Gasteiger partial charge in [-0.25, -0.2) is 0 Å². The summed E-state index contributed by atoms with van der Waals surface area (Å²) in [6.07, 6.45) is 0.511. The molecule has 0 atom stereocenters. The predicted octanol–water partition coefficient (Wildman–Crippen LogP) is 1.60. The number of nitrogens with two attached hydrogens (primary N) is 1. The largest absolute Gasteiger partial charge is 0.494 e. The zero-order chi connectivity index (χ0) is 15.0. The summed E-state index contributed by atoms with van der Waals surface area (Å²) in [6.45, 7) is 2.97. The van der Waals surface area contributed by atoms with Gasteiger partial charge in [0.05, 0.1) is 11.6 Å². The van der Waals surface area contributed by atoms with Crippen LogP contribution in [0.15, 0.2) is 24.3 Å². The number of hydrogen-bond donors (Lipinski definition) is 1. The Hall–Kier alpha value is -1.82. The lowest BCUT2D eigenvalue weighted by Crippen LogP contribution is -2.33. The van der Waals surface area contributed by atoms with Gasteiger partial charge in [-0.2, -0.15) is 0 Å². The Morgan fingerprint density at radius 2 is 2.00 bits per heavy atom. The maximum Gasteiger partial charge on any atom is 0.260 e. The molecule has 0 saturated heterocycles. The molecular weight excluding hydrogens is 276 g/mol. The zero-order valence-electron chi connectivity index (χ0n) is 11.8. The first-order valence-electron chi connectivity index (χ1n) is 6.41. The fourth-order valence-corrected chi connectivity index (χ4v) is 1.57. The molecule has 1 aromatic rings. The molecule has 0 unspecified atom stereocenters. The second-order valence-electron chi connectivity index (χ2n) is 4.23. The Labute approximate surface area is 124 Å². The van der Waals surface area contributed by atoms with Crippen LogP contribution in [-0.2, 0) is 4.79 Å². The highest BCUT2D eigenvalue weighted by Gasteiger charge is 2.10. The summed E-state index contributed by atoms with van der Waals surface area (Å²) >= 11 is 4.78. The third kappa shape index (κ3) is 5.88. The average Bonchev–Trinajstić information content (AvgIpc) is 2.43. The van der Waals surface area contributed by atoms with Gasteiger partial charge in [0.1, 0.15) is 11.5 Å². The van der Waals surface area contributed by atoms with Crippen molar-refractivity contribution in [2.75, 3.05) is 26.8 Å². The number of rotatable bonds is 8. The van der Waals surface area contributed by atoms with Crippen molar-refractivity contribution in [1.82, 2.24) is 4.90 Å². The second kappa shape index (κ2) is 8.37. The smallest absolute Gasteiger partial charge is 0.260 e. The fourth-order valence-electron chi connectivity index (χ4n) is 1.48. The van der Waals surface area contributed by atoms with Gasteiger partial charge >= 0.3 is 0 Å². The van der Waals surface area contributed by atoms with Gasteiger partial charge < -0.3 is 20.1 Å². The Morgan fingerprint density at radius 1 is 1.35 bits per heavy atom. The first kappa shape index (κ1) is 16.2. The Bertz CT molecular complexity index is 465. The summed E-state index contributed by atoms with van der Waals surface area (Å²) in [5.41, 5.74) is 5.40. The molecule has 0 aliphatic carbocycles. The van der Waals surface area contributed by atoms with Crippen LogP contribution in [0, 0.1) is 0 Å². The first-order valence-corrected chi connectivity index (χ1v) is 6.81. The topological polar surface area (TPSA) is 64.8 Å². The van der Waals surface area contributed by atoms with E-state index in [9.17, 15) is 4.79 Å². The van der Waals surface area contributed by atoms with E-state index in [-0.39, 0.29) is 12.5 Å². The minimum absolute atomic E-state index is 0.0244. The molecule has 1 rings (SSSR count). The van der Waals surface area contributed by atoms with E-state index in [2.05, 4.69) is 0 Å². The van der Waals surface area contributed by atoms with E-state index in [0.717, 1.165) is 5.75 Å². The molecule has 1 aromatic carbocycles. The number of benzene rings is 1. The third-order valence-corrected chi connectivity index (χ3v) is 2.80. The molecular formula is C14H20N2O3S. The summed E-state index contributed by atoms with van der Waals surface area (Å²) in [7, 11) is 1.70. The van der Waals surface area contributed by atoms with E-state index in [1.165, 1.54) is 0 Å². The number of carbonyl (C=O) groups is 1. The molecule has 1 amide bonds. The molecule has 0 heterocycles. The Kier molecular flexibility index (Phi) is 6.79. The van der Waals surface area contributed by atoms with Gasteiger partial charge in [-0.1, -0.05) is 18.3 Å². The van der Waals surface area contributed by atoms with Crippen molar-refractivity contribution in [3.8, 4) is 11.5 Å². The lowest BCUT2D eigenvalue weighted by atomic mass is 10.3. The second-order valence-corrected chi connectivity index (χ2v) is 4.75. The van der Waals surface area contributed by atoms with E-state index in [4.69, 9.17) is 27.4 Å². The number of carbonyl (C=O) groups excluding carboxylic acids is 1. The summed E-state index contributed by atoms with van der Waals surface area (Å²) in [6, 6.07) is 7.20. The number of nitrogens with zero attached hydrogens (tertiary/aromatic N) is 1. The summed E-state index contributed by atoms with van der Waals surface area (Å²) in [4.78, 5) is 13.8. The van der Waals surface area contributed by atoms with Crippen LogP contribution in [0.5, 0.6) is 11.5 Å². The molecule has 0 aliphatic rings. The summed E-state index contributed by atoms with van der Waals surface area (Å²) in [5.74, 6) is 1.20. The molecule has 0 spiro atoms. The molecule has 0 radical (unpaired) electrons. The van der Waals surface area contributed by atoms with Gasteiger partial charge in [0, 0.05) is 26.1 Å². The number of amides is 1. The van der Waals surface area contributed by atoms with Crippen molar-refractivity contribution >= 4 is 23.1 Å². The number of thiocarbonyl (C=S) groups is 1. The van der Waals surface area contributed by atoms with E-state index >= 15 is 0 Å². The highest BCUT2D eigenvalue weighted by molar-refractivity contribution is 7.80. The lowest BCUT2D eigenvalue weighted by molar-refractivity contribution is -0.131. The average molecular weight is 296 g/mol. The van der Waals surface area contributed by atoms with Crippen molar-refractivity contribution in [3.05, 3.63) is 24.3 Å². The Balaban J connectivity index is 2.43. The standard InChI is InChI=1S/C14H20N2O3S/c1-3-18-11-5-4-6-12(9-11)19-10-14(17)16(2)8-7-13(15)20/h4-6,9H,3,7-8,10H2,1-2H3,(H2,15,20). The van der Waals surface area contributed by atoms with Crippen LogP contribution in [0.3, 0.4) is 0 Å². The third-order valence-electron chi connectivity index (χ3n) is 2.60. The van der Waals surface area contributed by atoms with Gasteiger partial charge in [0.25, 0.3) is 5.91 Å². The van der Waals surface area contributed by atoms with E-state index in [0.29, 0.717) is 30.3 Å². The summed E-state index contributed by atoms with van der Waals surface area (Å²) < 4.78 is 10.8. The minimum atomic E-state index is -0.122. The molecule has 0 fully saturated rings. The first-order chi connectivity index (χ1) is 9.52. The van der Waals surface area contributed by atoms with Crippen LogP contribution in [0.2, 0.25) is 0 Å². The van der Waals surface area contributed by atoms with E-state index in [1.54, 1.807) is 24.1 Å². The predicted molar refractivity (Wildman–Crippen MR) is 82.1 cm³/mol. The SMILES string of the molecule is CCOc1cccc(OCC(=O)N(C)CCC(N)=S)c1. The molecule has 2 N–H and O–H groups in total. The molecule has 0 bridgehead atoms. The normalized spacial score (nSPS) is 9.90. The highest BCUT2D eigenvalue weighted by Crippen LogP contribution is 2.19. The molecule has 0 aliphatic heterocycles. The van der Waals surface area contributed by atoms with Gasteiger partial charge in [0.15, 0.2) is 6.61 Å². The van der Waals surface area contributed by atoms with Crippen molar-refractivity contribution < 1.29 is 14.3 Å². The van der Waals surface area contributed by atoms with E-state index < -0.39 is 0 Å². The highest BCUT2D eigenvalue weighted by atomic mass is 32.1. The molecule has 0 aromatic heterocycles. The van der Waals surface area contributed by atoms with Crippen LogP contribution in [0.25, 0.3) is 0 Å². The molecule has 5 nitrogen and oxygen atoms in total. The van der Waals surface area contributed by atoms with Gasteiger partial charge in [0.2, 0.25) is 0 Å². The van der Waals surface area contributed by atoms with Crippen molar-refractivity contribution in [3.63, 3.8) is 0 Å². The number of likely N-dealkylation sites (N-methyl/N-ethyl adjacent to an activating group) is 1. The maximum atomic E-state index is 11.8. The van der Waals surface area contributed by atoms with Gasteiger partial charge in [-0.05, 0) is 19.1 Å². The van der Waals surface area contributed by atoms with Crippen molar-refractivity contribution in [1.29, 1.82) is 0 Å². The number of hydrogen-bond acceptors (Lipinski definition) is 4. The van der Waals surface area contributed by atoms with Gasteiger partial charge in [-0.15, -0.1) is 0 Å². The quantitative estimate of drug-likeness (QED) is 0.738. The molecule has 20 heavy (non-hydrogen) atoms. The van der Waals surface area contributed by atoms with Crippen molar-refractivity contribution in [2.45, 2.75) is 13.3 Å². The fraction of sp³-hybridized carbons (Fsp3) is 0.429. The monoisotopic (exact) mass is 296 g/mol. The Morgan fingerprint density at radius 3 is 2.60 bits per heavy atom. The van der Waals surface area contributed by atoms with Gasteiger partial charge in [-0.3, -0.25) is 4.79 Å². The molecule has 0 saturated carbocycles.